The first kappa shape index (κ1) is 23.2. The van der Waals surface area contributed by atoms with Gasteiger partial charge in [0, 0.05) is 12.6 Å². The van der Waals surface area contributed by atoms with Crippen LogP contribution in [0.25, 0.3) is 0 Å². The topological polar surface area (TPSA) is 69.2 Å². The fourth-order valence-electron chi connectivity index (χ4n) is 4.29. The Hall–Kier alpha value is -1.96. The third kappa shape index (κ3) is 5.88. The molecule has 2 N–H and O–H groups in total. The Kier molecular flexibility index (Phi) is 8.16. The molecule has 0 amide bonds. The summed E-state index contributed by atoms with van der Waals surface area (Å²) in [4.78, 5) is 0. The van der Waals surface area contributed by atoms with Crippen molar-refractivity contribution < 1.29 is 24.1 Å². The van der Waals surface area contributed by atoms with Crippen molar-refractivity contribution in [3.8, 4) is 23.0 Å². The molecular formula is C25H32BrNO5. The number of nitrogens with one attached hydrogen (secondary N) is 1. The van der Waals surface area contributed by atoms with Gasteiger partial charge in [-0.1, -0.05) is 31.7 Å². The Labute approximate surface area is 198 Å². The summed E-state index contributed by atoms with van der Waals surface area (Å²) in [6.45, 7) is 1.93. The van der Waals surface area contributed by atoms with Crippen molar-refractivity contribution in [3.63, 3.8) is 0 Å². The molecule has 1 fully saturated rings. The van der Waals surface area contributed by atoms with Crippen LogP contribution in [0, 0.1) is 0 Å². The Balaban J connectivity index is 1.38. The lowest BCUT2D eigenvalue weighted by molar-refractivity contribution is 0.105. The second-order valence-corrected chi connectivity index (χ2v) is 9.26. The number of halogens is 1. The van der Waals surface area contributed by atoms with Crippen LogP contribution in [-0.4, -0.2) is 38.1 Å². The van der Waals surface area contributed by atoms with E-state index in [0.717, 1.165) is 16.6 Å². The number of aliphatic hydroxyl groups is 1. The number of rotatable bonds is 8. The van der Waals surface area contributed by atoms with E-state index in [1.807, 2.05) is 18.2 Å². The number of fused-ring (bicyclic) bond motifs is 1. The number of benzene rings is 2. The van der Waals surface area contributed by atoms with Gasteiger partial charge in [-0.05, 0) is 64.2 Å². The summed E-state index contributed by atoms with van der Waals surface area (Å²) in [7, 11) is 1.63. The summed E-state index contributed by atoms with van der Waals surface area (Å²) < 4.78 is 23.5. The molecule has 2 aliphatic rings. The van der Waals surface area contributed by atoms with Crippen LogP contribution in [0.3, 0.4) is 0 Å². The molecule has 0 aromatic heterocycles. The average molecular weight is 506 g/mol. The zero-order valence-electron chi connectivity index (χ0n) is 18.6. The third-order valence-electron chi connectivity index (χ3n) is 6.08. The standard InChI is InChI=1S/C25H32BrNO5/c1-29-24-13-17(15-27-19-6-4-2-3-5-7-19)12-20(26)25(24)32-16-21(28)18-8-9-22-23(14-18)31-11-10-30-22/h8-9,12-14,19,21,27-28H,2-7,10-11,15-16H2,1H3. The lowest BCUT2D eigenvalue weighted by Gasteiger charge is -2.21. The minimum atomic E-state index is -0.806. The van der Waals surface area contributed by atoms with E-state index in [4.69, 9.17) is 18.9 Å². The number of hydrogen-bond donors (Lipinski definition) is 2. The first-order chi connectivity index (χ1) is 15.6. The summed E-state index contributed by atoms with van der Waals surface area (Å²) in [6.07, 6.45) is 7.00. The van der Waals surface area contributed by atoms with Crippen molar-refractivity contribution in [2.24, 2.45) is 0 Å². The van der Waals surface area contributed by atoms with E-state index in [0.29, 0.717) is 47.8 Å². The van der Waals surface area contributed by atoms with Gasteiger partial charge in [0.25, 0.3) is 0 Å². The smallest absolute Gasteiger partial charge is 0.175 e. The minimum absolute atomic E-state index is 0.0915. The summed E-state index contributed by atoms with van der Waals surface area (Å²) >= 11 is 3.62. The highest BCUT2D eigenvalue weighted by Crippen LogP contribution is 2.38. The zero-order chi connectivity index (χ0) is 22.3. The molecule has 1 unspecified atom stereocenters. The average Bonchev–Trinajstić information content (AvgIpc) is 3.10. The van der Waals surface area contributed by atoms with Crippen molar-refractivity contribution in [2.75, 3.05) is 26.9 Å². The maximum atomic E-state index is 10.7. The van der Waals surface area contributed by atoms with Gasteiger partial charge in [-0.2, -0.15) is 0 Å². The van der Waals surface area contributed by atoms with Crippen LogP contribution < -0.4 is 24.3 Å². The Morgan fingerprint density at radius 2 is 1.81 bits per heavy atom. The van der Waals surface area contributed by atoms with E-state index in [9.17, 15) is 5.11 Å². The molecule has 1 heterocycles. The fourth-order valence-corrected chi connectivity index (χ4v) is 4.89. The van der Waals surface area contributed by atoms with Crippen LogP contribution in [-0.2, 0) is 6.54 Å². The van der Waals surface area contributed by atoms with Gasteiger partial charge in [0.2, 0.25) is 0 Å². The first-order valence-corrected chi connectivity index (χ1v) is 12.2. The molecule has 2 aromatic carbocycles. The molecule has 0 spiro atoms. The Morgan fingerprint density at radius 1 is 1.06 bits per heavy atom. The summed E-state index contributed by atoms with van der Waals surface area (Å²) in [5.41, 5.74) is 1.85. The van der Waals surface area contributed by atoms with E-state index >= 15 is 0 Å². The molecular weight excluding hydrogens is 474 g/mol. The van der Waals surface area contributed by atoms with Gasteiger partial charge in [-0.15, -0.1) is 0 Å². The van der Waals surface area contributed by atoms with Gasteiger partial charge in [0.15, 0.2) is 23.0 Å². The van der Waals surface area contributed by atoms with Crippen LogP contribution in [0.4, 0.5) is 0 Å². The SMILES string of the molecule is COc1cc(CNC2CCCCCC2)cc(Br)c1OCC(O)c1ccc2c(c1)OCCO2. The molecule has 174 valence electrons. The normalized spacial score (nSPS) is 17.5. The van der Waals surface area contributed by atoms with Crippen LogP contribution >= 0.6 is 15.9 Å². The van der Waals surface area contributed by atoms with E-state index in [2.05, 4.69) is 27.3 Å². The van der Waals surface area contributed by atoms with Crippen LogP contribution in [0.2, 0.25) is 0 Å². The van der Waals surface area contributed by atoms with Crippen LogP contribution in [0.1, 0.15) is 55.8 Å². The molecule has 1 aliphatic heterocycles. The van der Waals surface area contributed by atoms with Crippen molar-refractivity contribution in [3.05, 3.63) is 45.9 Å². The second kappa shape index (κ2) is 11.3. The number of methoxy groups -OCH3 is 1. The number of aliphatic hydroxyl groups excluding tert-OH is 1. The van der Waals surface area contributed by atoms with E-state index < -0.39 is 6.10 Å². The fraction of sp³-hybridized carbons (Fsp3) is 0.520. The second-order valence-electron chi connectivity index (χ2n) is 8.41. The molecule has 4 rings (SSSR count). The zero-order valence-corrected chi connectivity index (χ0v) is 20.2. The van der Waals surface area contributed by atoms with Gasteiger partial charge < -0.3 is 29.4 Å². The minimum Gasteiger partial charge on any atom is -0.493 e. The van der Waals surface area contributed by atoms with Gasteiger partial charge in [-0.3, -0.25) is 0 Å². The molecule has 32 heavy (non-hydrogen) atoms. The van der Waals surface area contributed by atoms with Crippen LogP contribution in [0.15, 0.2) is 34.8 Å². The Morgan fingerprint density at radius 3 is 2.56 bits per heavy atom. The monoisotopic (exact) mass is 505 g/mol. The van der Waals surface area contributed by atoms with Crippen molar-refractivity contribution in [1.82, 2.24) is 5.32 Å². The van der Waals surface area contributed by atoms with E-state index in [1.54, 1.807) is 13.2 Å². The third-order valence-corrected chi connectivity index (χ3v) is 6.66. The van der Waals surface area contributed by atoms with Gasteiger partial charge in [-0.25, -0.2) is 0 Å². The molecule has 0 saturated heterocycles. The molecule has 7 heteroatoms. The van der Waals surface area contributed by atoms with Gasteiger partial charge in [0.05, 0.1) is 11.6 Å². The van der Waals surface area contributed by atoms with Crippen molar-refractivity contribution in [1.29, 1.82) is 0 Å². The number of ether oxygens (including phenoxy) is 4. The highest BCUT2D eigenvalue weighted by atomic mass is 79.9. The summed E-state index contributed by atoms with van der Waals surface area (Å²) in [6, 6.07) is 10.1. The summed E-state index contributed by atoms with van der Waals surface area (Å²) in [5, 5.41) is 14.3. The molecule has 1 saturated carbocycles. The molecule has 2 aromatic rings. The van der Waals surface area contributed by atoms with Crippen LogP contribution in [0.5, 0.6) is 23.0 Å². The highest BCUT2D eigenvalue weighted by molar-refractivity contribution is 9.10. The molecule has 0 radical (unpaired) electrons. The lowest BCUT2D eigenvalue weighted by Crippen LogP contribution is -2.27. The maximum Gasteiger partial charge on any atom is 0.175 e. The maximum absolute atomic E-state index is 10.7. The quantitative estimate of drug-likeness (QED) is 0.483. The molecule has 0 bridgehead atoms. The molecule has 1 aliphatic carbocycles. The van der Waals surface area contributed by atoms with Crippen molar-refractivity contribution in [2.45, 2.75) is 57.2 Å². The lowest BCUT2D eigenvalue weighted by atomic mass is 10.1. The van der Waals surface area contributed by atoms with Gasteiger partial charge >= 0.3 is 0 Å². The van der Waals surface area contributed by atoms with E-state index in [-0.39, 0.29) is 6.61 Å². The predicted molar refractivity (Wildman–Crippen MR) is 127 cm³/mol. The van der Waals surface area contributed by atoms with Crippen molar-refractivity contribution >= 4 is 15.9 Å². The number of hydrogen-bond acceptors (Lipinski definition) is 6. The molecule has 6 nitrogen and oxygen atoms in total. The molecule has 1 atom stereocenters. The predicted octanol–water partition coefficient (Wildman–Crippen LogP) is 5.15. The first-order valence-electron chi connectivity index (χ1n) is 11.4. The van der Waals surface area contributed by atoms with E-state index in [1.165, 1.54) is 38.5 Å². The summed E-state index contributed by atoms with van der Waals surface area (Å²) in [5.74, 6) is 2.58. The largest absolute Gasteiger partial charge is 0.493 e. The Bertz CT molecular complexity index is 898. The highest BCUT2D eigenvalue weighted by Gasteiger charge is 2.19. The van der Waals surface area contributed by atoms with Gasteiger partial charge in [0.1, 0.15) is 25.9 Å².